The summed E-state index contributed by atoms with van der Waals surface area (Å²) in [6.45, 7) is 7.25. The molecule has 0 spiro atoms. The highest BCUT2D eigenvalue weighted by molar-refractivity contribution is 5.94. The van der Waals surface area contributed by atoms with Crippen molar-refractivity contribution in [1.29, 1.82) is 0 Å². The maximum atomic E-state index is 11.3. The van der Waals surface area contributed by atoms with Crippen LogP contribution in [0, 0.1) is 5.92 Å². The third kappa shape index (κ3) is 3.86. The highest BCUT2D eigenvalue weighted by Gasteiger charge is 2.12. The van der Waals surface area contributed by atoms with Crippen LogP contribution in [0.1, 0.15) is 43.1 Å². The van der Waals surface area contributed by atoms with Crippen LogP contribution in [0.2, 0.25) is 0 Å². The highest BCUT2D eigenvalue weighted by Crippen LogP contribution is 2.11. The van der Waals surface area contributed by atoms with E-state index < -0.39 is 0 Å². The van der Waals surface area contributed by atoms with E-state index in [9.17, 15) is 4.79 Å². The Morgan fingerprint density at radius 1 is 1.35 bits per heavy atom. The molecule has 0 aromatic heterocycles. The van der Waals surface area contributed by atoms with E-state index in [0.717, 1.165) is 12.0 Å². The number of primary amides is 1. The number of amides is 1. The molecular weight excluding hydrogens is 212 g/mol. The van der Waals surface area contributed by atoms with Crippen molar-refractivity contribution >= 4 is 5.91 Å². The van der Waals surface area contributed by atoms with Gasteiger partial charge in [0.05, 0.1) is 0 Å². The predicted octanol–water partition coefficient (Wildman–Crippen LogP) is 2.31. The first kappa shape index (κ1) is 13.7. The second kappa shape index (κ2) is 6.40. The van der Waals surface area contributed by atoms with E-state index in [1.807, 2.05) is 18.2 Å². The summed E-state index contributed by atoms with van der Waals surface area (Å²) in [4.78, 5) is 11.3. The number of hydrogen-bond acceptors (Lipinski definition) is 2. The third-order valence-corrected chi connectivity index (χ3v) is 3.08. The van der Waals surface area contributed by atoms with Crippen LogP contribution in [0.5, 0.6) is 0 Å². The van der Waals surface area contributed by atoms with Gasteiger partial charge in [0, 0.05) is 18.2 Å². The maximum absolute atomic E-state index is 11.3. The van der Waals surface area contributed by atoms with Crippen LogP contribution >= 0.6 is 0 Å². The van der Waals surface area contributed by atoms with Gasteiger partial charge in [0.1, 0.15) is 0 Å². The van der Waals surface area contributed by atoms with Crippen molar-refractivity contribution in [2.45, 2.75) is 39.8 Å². The quantitative estimate of drug-likeness (QED) is 0.793. The zero-order valence-electron chi connectivity index (χ0n) is 10.9. The lowest BCUT2D eigenvalue weighted by Gasteiger charge is -2.21. The summed E-state index contributed by atoms with van der Waals surface area (Å²) in [6.07, 6.45) is 1.08. The molecule has 1 amide bonds. The van der Waals surface area contributed by atoms with Crippen LogP contribution in [-0.2, 0) is 6.54 Å². The van der Waals surface area contributed by atoms with E-state index in [0.29, 0.717) is 24.1 Å². The fraction of sp³-hybridized carbons (Fsp3) is 0.500. The van der Waals surface area contributed by atoms with Gasteiger partial charge in [-0.15, -0.1) is 0 Å². The van der Waals surface area contributed by atoms with Gasteiger partial charge in [0.25, 0.3) is 0 Å². The molecule has 0 aliphatic rings. The SMILES string of the molecule is CCC(NCc1ccccc1C(N)=O)C(C)C. The van der Waals surface area contributed by atoms with Crippen LogP contribution < -0.4 is 11.1 Å². The van der Waals surface area contributed by atoms with Crippen molar-refractivity contribution in [2.75, 3.05) is 0 Å². The summed E-state index contributed by atoms with van der Waals surface area (Å²) < 4.78 is 0. The number of nitrogens with two attached hydrogens (primary N) is 1. The Morgan fingerprint density at radius 3 is 2.53 bits per heavy atom. The topological polar surface area (TPSA) is 55.1 Å². The second-order valence-electron chi connectivity index (χ2n) is 4.66. The minimum absolute atomic E-state index is 0.361. The summed E-state index contributed by atoms with van der Waals surface area (Å²) >= 11 is 0. The lowest BCUT2D eigenvalue weighted by atomic mass is 10.0. The van der Waals surface area contributed by atoms with E-state index in [2.05, 4.69) is 26.1 Å². The number of benzene rings is 1. The van der Waals surface area contributed by atoms with Gasteiger partial charge in [-0.1, -0.05) is 39.0 Å². The number of nitrogens with one attached hydrogen (secondary N) is 1. The number of rotatable bonds is 6. The van der Waals surface area contributed by atoms with Crippen LogP contribution in [0.3, 0.4) is 0 Å². The Kier molecular flexibility index (Phi) is 5.16. The molecule has 1 rings (SSSR count). The first-order valence-electron chi connectivity index (χ1n) is 6.17. The standard InChI is InChI=1S/C14H22N2O/c1-4-13(10(2)3)16-9-11-7-5-6-8-12(11)14(15)17/h5-8,10,13,16H,4,9H2,1-3H3,(H2,15,17). The fourth-order valence-electron chi connectivity index (χ4n) is 2.01. The predicted molar refractivity (Wildman–Crippen MR) is 70.7 cm³/mol. The summed E-state index contributed by atoms with van der Waals surface area (Å²) in [5.41, 5.74) is 6.93. The van der Waals surface area contributed by atoms with Gasteiger partial charge < -0.3 is 11.1 Å². The molecule has 1 aromatic carbocycles. The summed E-state index contributed by atoms with van der Waals surface area (Å²) in [5.74, 6) is 0.223. The van der Waals surface area contributed by atoms with Crippen molar-refractivity contribution in [3.8, 4) is 0 Å². The Labute approximate surface area is 103 Å². The molecule has 94 valence electrons. The molecule has 0 saturated carbocycles. The Balaban J connectivity index is 2.72. The van der Waals surface area contributed by atoms with E-state index >= 15 is 0 Å². The molecule has 1 aromatic rings. The van der Waals surface area contributed by atoms with Gasteiger partial charge in [-0.25, -0.2) is 0 Å². The Hall–Kier alpha value is -1.35. The molecule has 3 heteroatoms. The molecule has 0 aliphatic heterocycles. The summed E-state index contributed by atoms with van der Waals surface area (Å²) in [7, 11) is 0. The first-order chi connectivity index (χ1) is 8.06. The molecule has 3 nitrogen and oxygen atoms in total. The lowest BCUT2D eigenvalue weighted by Crippen LogP contribution is -2.33. The van der Waals surface area contributed by atoms with Crippen molar-refractivity contribution in [3.63, 3.8) is 0 Å². The molecule has 17 heavy (non-hydrogen) atoms. The molecule has 0 bridgehead atoms. The van der Waals surface area contributed by atoms with Gasteiger partial charge in [-0.05, 0) is 24.0 Å². The van der Waals surface area contributed by atoms with E-state index in [1.54, 1.807) is 6.07 Å². The smallest absolute Gasteiger partial charge is 0.249 e. The number of carbonyl (C=O) groups excluding carboxylic acids is 1. The highest BCUT2D eigenvalue weighted by atomic mass is 16.1. The summed E-state index contributed by atoms with van der Waals surface area (Å²) in [6, 6.07) is 7.95. The molecule has 1 unspecified atom stereocenters. The fourth-order valence-corrected chi connectivity index (χ4v) is 2.01. The van der Waals surface area contributed by atoms with Crippen LogP contribution in [0.4, 0.5) is 0 Å². The van der Waals surface area contributed by atoms with Crippen LogP contribution in [0.25, 0.3) is 0 Å². The van der Waals surface area contributed by atoms with E-state index in [4.69, 9.17) is 5.73 Å². The average molecular weight is 234 g/mol. The van der Waals surface area contributed by atoms with Gasteiger partial charge in [0.15, 0.2) is 0 Å². The lowest BCUT2D eigenvalue weighted by molar-refractivity contribution is 0.0999. The third-order valence-electron chi connectivity index (χ3n) is 3.08. The van der Waals surface area contributed by atoms with Crippen molar-refractivity contribution in [3.05, 3.63) is 35.4 Å². The zero-order valence-corrected chi connectivity index (χ0v) is 10.9. The minimum Gasteiger partial charge on any atom is -0.366 e. The van der Waals surface area contributed by atoms with Crippen LogP contribution in [0.15, 0.2) is 24.3 Å². The molecule has 0 fully saturated rings. The maximum Gasteiger partial charge on any atom is 0.249 e. The largest absolute Gasteiger partial charge is 0.366 e. The summed E-state index contributed by atoms with van der Waals surface area (Å²) in [5, 5.41) is 3.47. The monoisotopic (exact) mass is 234 g/mol. The molecule has 0 aliphatic carbocycles. The van der Waals surface area contributed by atoms with Gasteiger partial charge in [0.2, 0.25) is 5.91 Å². The van der Waals surface area contributed by atoms with Crippen molar-refractivity contribution in [2.24, 2.45) is 11.7 Å². The van der Waals surface area contributed by atoms with Gasteiger partial charge >= 0.3 is 0 Å². The molecule has 1 atom stereocenters. The molecular formula is C14H22N2O. The van der Waals surface area contributed by atoms with Gasteiger partial charge in [-0.3, -0.25) is 4.79 Å². The molecule has 3 N–H and O–H groups in total. The molecule has 0 saturated heterocycles. The minimum atomic E-state index is -0.361. The van der Waals surface area contributed by atoms with Gasteiger partial charge in [-0.2, -0.15) is 0 Å². The van der Waals surface area contributed by atoms with E-state index in [1.165, 1.54) is 0 Å². The van der Waals surface area contributed by atoms with Crippen molar-refractivity contribution < 1.29 is 4.79 Å². The molecule has 0 heterocycles. The molecule has 0 radical (unpaired) electrons. The normalized spacial score (nSPS) is 12.7. The number of hydrogen-bond donors (Lipinski definition) is 2. The second-order valence-corrected chi connectivity index (χ2v) is 4.66. The number of carbonyl (C=O) groups is 1. The average Bonchev–Trinajstić information content (AvgIpc) is 2.29. The Bertz CT molecular complexity index is 374. The zero-order chi connectivity index (χ0) is 12.8. The Morgan fingerprint density at radius 2 is 2.00 bits per heavy atom. The van der Waals surface area contributed by atoms with Crippen LogP contribution in [-0.4, -0.2) is 11.9 Å². The van der Waals surface area contributed by atoms with Crippen molar-refractivity contribution in [1.82, 2.24) is 5.32 Å². The first-order valence-corrected chi connectivity index (χ1v) is 6.17. The van der Waals surface area contributed by atoms with E-state index in [-0.39, 0.29) is 5.91 Å².